The van der Waals surface area contributed by atoms with Crippen LogP contribution in [0.15, 0.2) is 48.5 Å². The van der Waals surface area contributed by atoms with Crippen molar-refractivity contribution in [3.63, 3.8) is 0 Å². The molecule has 3 heteroatoms. The van der Waals surface area contributed by atoms with Gasteiger partial charge in [0.05, 0.1) is 11.6 Å². The first-order valence-electron chi connectivity index (χ1n) is 9.27. The van der Waals surface area contributed by atoms with Gasteiger partial charge in [-0.05, 0) is 67.1 Å². The van der Waals surface area contributed by atoms with Crippen LogP contribution in [0, 0.1) is 11.3 Å². The van der Waals surface area contributed by atoms with E-state index in [0.717, 1.165) is 17.7 Å². The van der Waals surface area contributed by atoms with Gasteiger partial charge in [-0.25, -0.2) is 0 Å². The smallest absolute Gasteiger partial charge is 0.187 e. The Hall–Kier alpha value is -2.86. The molecule has 2 aromatic rings. The highest BCUT2D eigenvalue weighted by Gasteiger charge is 2.29. The Morgan fingerprint density at radius 2 is 1.81 bits per heavy atom. The lowest BCUT2D eigenvalue weighted by Gasteiger charge is -2.36. The van der Waals surface area contributed by atoms with Gasteiger partial charge in [0, 0.05) is 28.4 Å². The highest BCUT2D eigenvalue weighted by atomic mass is 16.1. The molecule has 27 heavy (non-hydrogen) atoms. The van der Waals surface area contributed by atoms with Gasteiger partial charge in [-0.15, -0.1) is 0 Å². The van der Waals surface area contributed by atoms with Gasteiger partial charge < -0.3 is 5.32 Å². The van der Waals surface area contributed by atoms with Crippen LogP contribution in [0.25, 0.3) is 5.70 Å². The van der Waals surface area contributed by atoms with Gasteiger partial charge in [-0.3, -0.25) is 4.79 Å². The Labute approximate surface area is 161 Å². The minimum absolute atomic E-state index is 0.0459. The van der Waals surface area contributed by atoms with Crippen LogP contribution in [0.5, 0.6) is 0 Å². The molecule has 138 valence electrons. The summed E-state index contributed by atoms with van der Waals surface area (Å²) in [6.45, 7) is 10.9. The van der Waals surface area contributed by atoms with Crippen molar-refractivity contribution in [3.8, 4) is 6.07 Å². The number of allylic oxidation sites excluding steroid dienone is 1. The SMILES string of the molecule is CC1(C)Cc2ccc(C(C)(C)C)cc2C(=CC(=O)c2ccc(C#N)cc2)N1. The number of nitrogens with zero attached hydrogens (tertiary/aromatic N) is 1. The molecule has 0 saturated carbocycles. The molecule has 1 aliphatic heterocycles. The third-order valence-corrected chi connectivity index (χ3v) is 4.95. The van der Waals surface area contributed by atoms with Gasteiger partial charge in [-0.2, -0.15) is 5.26 Å². The molecule has 0 aromatic heterocycles. The first-order chi connectivity index (χ1) is 12.6. The van der Waals surface area contributed by atoms with Crippen molar-refractivity contribution in [1.29, 1.82) is 5.26 Å². The number of carbonyl (C=O) groups excluding carboxylic acids is 1. The minimum atomic E-state index is -0.118. The van der Waals surface area contributed by atoms with Gasteiger partial charge in [-0.1, -0.05) is 32.9 Å². The standard InChI is InChI=1S/C24H26N2O/c1-23(2,3)19-11-10-18-14-24(4,5)26-21(20(18)12-19)13-22(27)17-8-6-16(15-25)7-9-17/h6-13,26H,14H2,1-5H3. The Balaban J connectivity index is 2.05. The van der Waals surface area contributed by atoms with Gasteiger partial charge >= 0.3 is 0 Å². The summed E-state index contributed by atoms with van der Waals surface area (Å²) in [6.07, 6.45) is 2.60. The molecule has 3 rings (SSSR count). The van der Waals surface area contributed by atoms with Crippen LogP contribution in [-0.2, 0) is 11.8 Å². The molecule has 0 bridgehead atoms. The fourth-order valence-corrected chi connectivity index (χ4v) is 3.44. The number of nitrogens with one attached hydrogen (secondary N) is 1. The molecule has 2 aromatic carbocycles. The predicted molar refractivity (Wildman–Crippen MR) is 110 cm³/mol. The third kappa shape index (κ3) is 4.11. The maximum atomic E-state index is 12.8. The first kappa shape index (κ1) is 18.9. The van der Waals surface area contributed by atoms with Crippen LogP contribution in [0.1, 0.15) is 67.2 Å². The Morgan fingerprint density at radius 3 is 2.41 bits per heavy atom. The quantitative estimate of drug-likeness (QED) is 0.607. The van der Waals surface area contributed by atoms with Crippen LogP contribution in [-0.4, -0.2) is 11.3 Å². The average Bonchev–Trinajstić information content (AvgIpc) is 2.59. The lowest BCUT2D eigenvalue weighted by atomic mass is 9.80. The van der Waals surface area contributed by atoms with Crippen molar-refractivity contribution in [1.82, 2.24) is 5.32 Å². The summed E-state index contributed by atoms with van der Waals surface area (Å²) in [4.78, 5) is 12.8. The van der Waals surface area contributed by atoms with Gasteiger partial charge in [0.1, 0.15) is 0 Å². The summed E-state index contributed by atoms with van der Waals surface area (Å²) < 4.78 is 0. The molecule has 0 radical (unpaired) electrons. The van der Waals surface area contributed by atoms with E-state index in [9.17, 15) is 4.79 Å². The third-order valence-electron chi connectivity index (χ3n) is 4.95. The molecule has 0 aliphatic carbocycles. The molecule has 1 aliphatic rings. The zero-order chi connectivity index (χ0) is 19.8. The number of carbonyl (C=O) groups is 1. The Bertz CT molecular complexity index is 951. The molecular weight excluding hydrogens is 332 g/mol. The largest absolute Gasteiger partial charge is 0.379 e. The Morgan fingerprint density at radius 1 is 1.15 bits per heavy atom. The summed E-state index contributed by atoms with van der Waals surface area (Å²) in [6, 6.07) is 15.4. The van der Waals surface area contributed by atoms with Crippen molar-refractivity contribution in [2.45, 2.75) is 52.0 Å². The van der Waals surface area contributed by atoms with Gasteiger partial charge in [0.15, 0.2) is 5.78 Å². The summed E-state index contributed by atoms with van der Waals surface area (Å²) in [5, 5.41) is 12.5. The maximum absolute atomic E-state index is 12.8. The minimum Gasteiger partial charge on any atom is -0.379 e. The van der Waals surface area contributed by atoms with Crippen molar-refractivity contribution < 1.29 is 4.79 Å². The highest BCUT2D eigenvalue weighted by molar-refractivity contribution is 6.08. The van der Waals surface area contributed by atoms with Crippen molar-refractivity contribution in [2.75, 3.05) is 0 Å². The molecule has 3 nitrogen and oxygen atoms in total. The second kappa shape index (κ2) is 6.70. The zero-order valence-corrected chi connectivity index (χ0v) is 16.7. The van der Waals surface area contributed by atoms with E-state index in [1.807, 2.05) is 0 Å². The van der Waals surface area contributed by atoms with Crippen molar-refractivity contribution in [2.24, 2.45) is 0 Å². The maximum Gasteiger partial charge on any atom is 0.187 e. The number of fused-ring (bicyclic) bond motifs is 1. The van der Waals surface area contributed by atoms with E-state index in [4.69, 9.17) is 5.26 Å². The summed E-state index contributed by atoms with van der Waals surface area (Å²) in [7, 11) is 0. The summed E-state index contributed by atoms with van der Waals surface area (Å²) in [5.41, 5.74) is 5.53. The van der Waals surface area contributed by atoms with Crippen molar-refractivity contribution >= 4 is 11.5 Å². The number of benzene rings is 2. The van der Waals surface area contributed by atoms with E-state index in [-0.39, 0.29) is 16.7 Å². The van der Waals surface area contributed by atoms with Crippen LogP contribution in [0.2, 0.25) is 0 Å². The van der Waals surface area contributed by atoms with Crippen LogP contribution < -0.4 is 5.32 Å². The summed E-state index contributed by atoms with van der Waals surface area (Å²) >= 11 is 0. The lowest BCUT2D eigenvalue weighted by Crippen LogP contribution is -2.44. The number of nitriles is 1. The molecule has 0 atom stereocenters. The topological polar surface area (TPSA) is 52.9 Å². The van der Waals surface area contributed by atoms with Crippen molar-refractivity contribution in [3.05, 3.63) is 76.4 Å². The molecule has 0 unspecified atom stereocenters. The van der Waals surface area contributed by atoms with E-state index in [0.29, 0.717) is 11.1 Å². The highest BCUT2D eigenvalue weighted by Crippen LogP contribution is 2.33. The van der Waals surface area contributed by atoms with E-state index >= 15 is 0 Å². The molecule has 1 heterocycles. The van der Waals surface area contributed by atoms with E-state index in [1.165, 1.54) is 11.1 Å². The molecule has 0 spiro atoms. The number of ketones is 1. The molecule has 1 N–H and O–H groups in total. The number of hydrogen-bond acceptors (Lipinski definition) is 3. The van der Waals surface area contributed by atoms with E-state index < -0.39 is 0 Å². The van der Waals surface area contributed by atoms with E-state index in [2.05, 4.69) is 64.2 Å². The second-order valence-corrected chi connectivity index (χ2v) is 8.92. The van der Waals surface area contributed by atoms with Crippen LogP contribution in [0.3, 0.4) is 0 Å². The van der Waals surface area contributed by atoms with Crippen LogP contribution >= 0.6 is 0 Å². The normalized spacial score (nSPS) is 17.0. The molecular formula is C24H26N2O. The first-order valence-corrected chi connectivity index (χ1v) is 9.27. The molecule has 0 amide bonds. The second-order valence-electron chi connectivity index (χ2n) is 8.92. The fraction of sp³-hybridized carbons (Fsp3) is 0.333. The Kier molecular flexibility index (Phi) is 4.70. The van der Waals surface area contributed by atoms with Gasteiger partial charge in [0.25, 0.3) is 0 Å². The molecule has 0 fully saturated rings. The van der Waals surface area contributed by atoms with E-state index in [1.54, 1.807) is 30.3 Å². The number of rotatable bonds is 2. The lowest BCUT2D eigenvalue weighted by molar-refractivity contribution is 0.104. The monoisotopic (exact) mass is 358 g/mol. The predicted octanol–water partition coefficient (Wildman–Crippen LogP) is 5.00. The number of hydrogen-bond donors (Lipinski definition) is 1. The average molecular weight is 358 g/mol. The molecule has 0 saturated heterocycles. The fourth-order valence-electron chi connectivity index (χ4n) is 3.44. The van der Waals surface area contributed by atoms with Crippen LogP contribution in [0.4, 0.5) is 0 Å². The summed E-state index contributed by atoms with van der Waals surface area (Å²) in [5.74, 6) is -0.0631. The van der Waals surface area contributed by atoms with Gasteiger partial charge in [0.2, 0.25) is 0 Å². The zero-order valence-electron chi connectivity index (χ0n) is 16.7.